The molecule has 0 atom stereocenters. The summed E-state index contributed by atoms with van der Waals surface area (Å²) in [6.45, 7) is 7.99. The van der Waals surface area contributed by atoms with Crippen LogP contribution in [0.2, 0.25) is 0 Å². The molecule has 3 aromatic heterocycles. The Labute approximate surface area is 259 Å². The summed E-state index contributed by atoms with van der Waals surface area (Å²) >= 11 is 6.24. The van der Waals surface area contributed by atoms with Gasteiger partial charge < -0.3 is 10.3 Å². The smallest absolute Gasteiger partial charge is 0.0542 e. The second-order valence-corrected chi connectivity index (χ2v) is 11.8. The van der Waals surface area contributed by atoms with E-state index >= 15 is 0 Å². The van der Waals surface area contributed by atoms with E-state index in [4.69, 9.17) is 11.6 Å². The van der Waals surface area contributed by atoms with E-state index in [0.717, 1.165) is 88.3 Å². The first-order valence-corrected chi connectivity index (χ1v) is 15.6. The Morgan fingerprint density at radius 1 is 0.860 bits per heavy atom. The summed E-state index contributed by atoms with van der Waals surface area (Å²) in [5, 5.41) is 7.94. The molecule has 43 heavy (non-hydrogen) atoms. The number of hydrogen-bond acceptors (Lipinski definition) is 6. The number of allylic oxidation sites excluding steroid dienone is 3. The molecular formula is C35H40ClN7. The molecule has 2 aliphatic rings. The van der Waals surface area contributed by atoms with Crippen molar-refractivity contribution >= 4 is 17.7 Å². The number of nitrogens with zero attached hydrogens (tertiary/aromatic N) is 4. The Morgan fingerprint density at radius 3 is 2.35 bits per heavy atom. The van der Waals surface area contributed by atoms with Gasteiger partial charge in [0.2, 0.25) is 0 Å². The molecule has 0 fully saturated rings. The number of pyridine rings is 2. The normalized spacial score (nSPS) is 14.8. The number of H-pyrrole nitrogens is 1. The number of benzene rings is 1. The molecule has 1 aromatic carbocycles. The van der Waals surface area contributed by atoms with Crippen LogP contribution >= 0.6 is 11.6 Å². The van der Waals surface area contributed by atoms with E-state index < -0.39 is 0 Å². The Bertz CT molecular complexity index is 1510. The predicted molar refractivity (Wildman–Crippen MR) is 174 cm³/mol. The highest BCUT2D eigenvalue weighted by Crippen LogP contribution is 2.30. The van der Waals surface area contributed by atoms with Crippen LogP contribution in [-0.2, 0) is 45.6 Å². The molecule has 1 aliphatic heterocycles. The maximum Gasteiger partial charge on any atom is 0.0542 e. The molecule has 0 saturated carbocycles. The molecule has 3 N–H and O–H groups in total. The number of rotatable bonds is 13. The topological polar surface area (TPSA) is 72.1 Å². The van der Waals surface area contributed by atoms with Gasteiger partial charge >= 0.3 is 0 Å². The second kappa shape index (κ2) is 14.7. The number of aromatic amines is 1. The largest absolute Gasteiger partial charge is 0.357 e. The number of nitrogens with one attached hydrogen (secondary N) is 3. The van der Waals surface area contributed by atoms with Crippen molar-refractivity contribution in [3.05, 3.63) is 135 Å². The maximum atomic E-state index is 6.24. The molecule has 0 bridgehead atoms. The minimum atomic E-state index is 0.750. The van der Waals surface area contributed by atoms with Crippen molar-refractivity contribution in [1.29, 1.82) is 0 Å². The Kier molecular flexibility index (Phi) is 10.1. The molecule has 8 heteroatoms. The summed E-state index contributed by atoms with van der Waals surface area (Å²) in [6.07, 6.45) is 11.9. The molecule has 0 unspecified atom stereocenters. The SMILES string of the molecule is ClC1=CCc2c([nH]c3c2CCN(Cc2ccc(CN(CCNCc4ccccn4)CNCc4ccccn4)cc2)C3)C=C1. The molecule has 6 rings (SSSR count). The standard InChI is InChI=1S/C35H40ClN7/c36-29-11-13-32-33-15-19-42(25-35(33)41-34(32)14-12-29)23-27-7-9-28(10-8-27)24-43(26-38-22-31-6-2-4-17-40-31)20-18-37-21-30-5-1-3-16-39-30/h1-12,14,16-17,37-38,41H,13,15,18-26H2. The predicted octanol–water partition coefficient (Wildman–Crippen LogP) is 5.39. The lowest BCUT2D eigenvalue weighted by Gasteiger charge is -2.27. The van der Waals surface area contributed by atoms with Gasteiger partial charge in [0.1, 0.15) is 0 Å². The van der Waals surface area contributed by atoms with Crippen LogP contribution in [0.4, 0.5) is 0 Å². The van der Waals surface area contributed by atoms with Crippen molar-refractivity contribution in [1.82, 2.24) is 35.4 Å². The summed E-state index contributed by atoms with van der Waals surface area (Å²) in [5.41, 5.74) is 10.3. The lowest BCUT2D eigenvalue weighted by Crippen LogP contribution is -2.38. The van der Waals surface area contributed by atoms with Crippen molar-refractivity contribution in [2.24, 2.45) is 0 Å². The van der Waals surface area contributed by atoms with E-state index in [0.29, 0.717) is 0 Å². The van der Waals surface area contributed by atoms with E-state index in [2.05, 4.69) is 83.9 Å². The van der Waals surface area contributed by atoms with Gasteiger partial charge in [0.15, 0.2) is 0 Å². The maximum absolute atomic E-state index is 6.24. The number of fused-ring (bicyclic) bond motifs is 3. The van der Waals surface area contributed by atoms with Crippen molar-refractivity contribution in [2.45, 2.75) is 45.6 Å². The summed E-state index contributed by atoms with van der Waals surface area (Å²) in [5.74, 6) is 0. The summed E-state index contributed by atoms with van der Waals surface area (Å²) in [4.78, 5) is 17.5. The molecule has 0 radical (unpaired) electrons. The third kappa shape index (κ3) is 8.28. The third-order valence-corrected chi connectivity index (χ3v) is 8.43. The van der Waals surface area contributed by atoms with E-state index in [1.807, 2.05) is 42.7 Å². The van der Waals surface area contributed by atoms with Crippen LogP contribution in [0, 0.1) is 0 Å². The van der Waals surface area contributed by atoms with Gasteiger partial charge in [-0.15, -0.1) is 0 Å². The summed E-state index contributed by atoms with van der Waals surface area (Å²) < 4.78 is 0. The number of aromatic nitrogens is 3. The monoisotopic (exact) mass is 593 g/mol. The molecule has 222 valence electrons. The molecule has 0 spiro atoms. The average molecular weight is 594 g/mol. The van der Waals surface area contributed by atoms with Crippen LogP contribution in [0.3, 0.4) is 0 Å². The quantitative estimate of drug-likeness (QED) is 0.143. The Balaban J connectivity index is 1.02. The van der Waals surface area contributed by atoms with Crippen LogP contribution in [0.15, 0.2) is 90.2 Å². The molecular weight excluding hydrogens is 554 g/mol. The van der Waals surface area contributed by atoms with E-state index in [1.54, 1.807) is 0 Å². The van der Waals surface area contributed by atoms with Gasteiger partial charge in [-0.3, -0.25) is 25.1 Å². The number of halogens is 1. The van der Waals surface area contributed by atoms with Crippen molar-refractivity contribution in [3.63, 3.8) is 0 Å². The van der Waals surface area contributed by atoms with Gasteiger partial charge in [0, 0.05) is 87.8 Å². The molecule has 1 aliphatic carbocycles. The van der Waals surface area contributed by atoms with Crippen LogP contribution in [-0.4, -0.2) is 51.1 Å². The summed E-state index contributed by atoms with van der Waals surface area (Å²) in [6, 6.07) is 21.3. The first-order chi connectivity index (χ1) is 21.2. The van der Waals surface area contributed by atoms with Crippen molar-refractivity contribution in [3.8, 4) is 0 Å². The fraction of sp³-hybridized carbons (Fsp3) is 0.314. The van der Waals surface area contributed by atoms with Crippen LogP contribution in [0.25, 0.3) is 6.08 Å². The highest BCUT2D eigenvalue weighted by Gasteiger charge is 2.23. The summed E-state index contributed by atoms with van der Waals surface area (Å²) in [7, 11) is 0. The van der Waals surface area contributed by atoms with Crippen molar-refractivity contribution in [2.75, 3.05) is 26.3 Å². The van der Waals surface area contributed by atoms with Gasteiger partial charge in [-0.2, -0.15) is 0 Å². The highest BCUT2D eigenvalue weighted by atomic mass is 35.5. The van der Waals surface area contributed by atoms with Crippen LogP contribution in [0.5, 0.6) is 0 Å². The minimum Gasteiger partial charge on any atom is -0.357 e. The first kappa shape index (κ1) is 29.5. The average Bonchev–Trinajstić information content (AvgIpc) is 3.28. The fourth-order valence-corrected chi connectivity index (χ4v) is 6.03. The molecule has 4 heterocycles. The molecule has 4 aromatic rings. The van der Waals surface area contributed by atoms with E-state index in [1.165, 1.54) is 33.6 Å². The second-order valence-electron chi connectivity index (χ2n) is 11.3. The lowest BCUT2D eigenvalue weighted by molar-refractivity contribution is 0.240. The van der Waals surface area contributed by atoms with Crippen LogP contribution in [0.1, 0.15) is 45.0 Å². The third-order valence-electron chi connectivity index (χ3n) is 8.15. The zero-order chi connectivity index (χ0) is 29.3. The zero-order valence-corrected chi connectivity index (χ0v) is 25.4. The van der Waals surface area contributed by atoms with Crippen molar-refractivity contribution < 1.29 is 0 Å². The fourth-order valence-electron chi connectivity index (χ4n) is 5.89. The lowest BCUT2D eigenvalue weighted by atomic mass is 9.99. The van der Waals surface area contributed by atoms with Gasteiger partial charge in [0.25, 0.3) is 0 Å². The Morgan fingerprint density at radius 2 is 1.60 bits per heavy atom. The zero-order valence-electron chi connectivity index (χ0n) is 24.6. The molecule has 0 saturated heterocycles. The molecule has 7 nitrogen and oxygen atoms in total. The highest BCUT2D eigenvalue weighted by molar-refractivity contribution is 6.31. The van der Waals surface area contributed by atoms with E-state index in [9.17, 15) is 0 Å². The minimum absolute atomic E-state index is 0.750. The van der Waals surface area contributed by atoms with E-state index in [-0.39, 0.29) is 0 Å². The van der Waals surface area contributed by atoms with Gasteiger partial charge in [-0.25, -0.2) is 0 Å². The van der Waals surface area contributed by atoms with Gasteiger partial charge in [0.05, 0.1) is 11.4 Å². The Hall–Kier alpha value is -3.59. The van der Waals surface area contributed by atoms with Gasteiger partial charge in [-0.1, -0.05) is 54.1 Å². The van der Waals surface area contributed by atoms with Crippen LogP contribution < -0.4 is 10.6 Å². The molecule has 0 amide bonds. The van der Waals surface area contributed by atoms with Gasteiger partial charge in [-0.05, 0) is 71.5 Å². The first-order valence-electron chi connectivity index (χ1n) is 15.2. The number of hydrogen-bond donors (Lipinski definition) is 3.